The van der Waals surface area contributed by atoms with E-state index in [0.29, 0.717) is 19.4 Å². The normalized spacial score (nSPS) is 21.9. The molecule has 0 spiro atoms. The van der Waals surface area contributed by atoms with Crippen LogP contribution >= 0.6 is 0 Å². The predicted molar refractivity (Wildman–Crippen MR) is 66.4 cm³/mol. The maximum Gasteiger partial charge on any atom is 0.223 e. The standard InChI is InChI=1S/C11H17N3O3S/c1-14(7-10-12-3-4-13-10)11(15)6-9-2-5-18(16,17)8-9/h3-4,9H,2,5-8H2,1H3,(H,12,13). The van der Waals surface area contributed by atoms with Gasteiger partial charge < -0.3 is 9.88 Å². The first-order chi connectivity index (χ1) is 8.46. The second kappa shape index (κ2) is 5.09. The highest BCUT2D eigenvalue weighted by molar-refractivity contribution is 7.91. The molecule has 1 N–H and O–H groups in total. The van der Waals surface area contributed by atoms with Crippen LogP contribution in [-0.4, -0.2) is 47.7 Å². The molecule has 1 fully saturated rings. The number of amides is 1. The van der Waals surface area contributed by atoms with Gasteiger partial charge in [-0.1, -0.05) is 0 Å². The van der Waals surface area contributed by atoms with Gasteiger partial charge in [-0.3, -0.25) is 4.79 Å². The Morgan fingerprint density at radius 2 is 2.39 bits per heavy atom. The summed E-state index contributed by atoms with van der Waals surface area (Å²) < 4.78 is 22.6. The first-order valence-corrected chi connectivity index (χ1v) is 7.71. The molecule has 2 rings (SSSR count). The Bertz CT molecular complexity index is 510. The molecule has 1 aliphatic heterocycles. The summed E-state index contributed by atoms with van der Waals surface area (Å²) in [4.78, 5) is 20.5. The van der Waals surface area contributed by atoms with Crippen molar-refractivity contribution in [3.05, 3.63) is 18.2 Å². The Labute approximate surface area is 106 Å². The minimum absolute atomic E-state index is 0.0263. The molecule has 1 unspecified atom stereocenters. The van der Waals surface area contributed by atoms with Gasteiger partial charge in [-0.2, -0.15) is 0 Å². The fraction of sp³-hybridized carbons (Fsp3) is 0.636. The van der Waals surface area contributed by atoms with Crippen molar-refractivity contribution in [1.82, 2.24) is 14.9 Å². The second-order valence-corrected chi connectivity index (χ2v) is 6.99. The maximum absolute atomic E-state index is 11.9. The summed E-state index contributed by atoms with van der Waals surface area (Å²) in [6.07, 6.45) is 4.24. The number of aromatic nitrogens is 2. The fourth-order valence-corrected chi connectivity index (χ4v) is 3.99. The number of H-pyrrole nitrogens is 1. The molecule has 1 amide bonds. The van der Waals surface area contributed by atoms with E-state index in [1.54, 1.807) is 24.3 Å². The molecule has 1 aromatic heterocycles. The monoisotopic (exact) mass is 271 g/mol. The minimum Gasteiger partial charge on any atom is -0.347 e. The number of nitrogens with one attached hydrogen (secondary N) is 1. The molecular formula is C11H17N3O3S. The van der Waals surface area contributed by atoms with E-state index in [9.17, 15) is 13.2 Å². The third-order valence-electron chi connectivity index (χ3n) is 3.16. The van der Waals surface area contributed by atoms with E-state index in [2.05, 4.69) is 9.97 Å². The third kappa shape index (κ3) is 3.32. The molecule has 0 aliphatic carbocycles. The molecule has 6 nitrogen and oxygen atoms in total. The molecule has 0 radical (unpaired) electrons. The van der Waals surface area contributed by atoms with Crippen molar-refractivity contribution in [2.24, 2.45) is 5.92 Å². The first-order valence-electron chi connectivity index (χ1n) is 5.89. The molecule has 0 aromatic carbocycles. The molecule has 1 aliphatic rings. The minimum atomic E-state index is -2.91. The van der Waals surface area contributed by atoms with Crippen LogP contribution in [0.2, 0.25) is 0 Å². The van der Waals surface area contributed by atoms with Gasteiger partial charge in [-0.15, -0.1) is 0 Å². The number of rotatable bonds is 4. The van der Waals surface area contributed by atoms with Crippen LogP contribution in [0.3, 0.4) is 0 Å². The van der Waals surface area contributed by atoms with Crippen molar-refractivity contribution in [3.8, 4) is 0 Å². The van der Waals surface area contributed by atoms with Crippen LogP contribution in [-0.2, 0) is 21.2 Å². The lowest BCUT2D eigenvalue weighted by atomic mass is 10.0. The molecule has 7 heteroatoms. The quantitative estimate of drug-likeness (QED) is 0.847. The number of aromatic amines is 1. The average molecular weight is 271 g/mol. The summed E-state index contributed by atoms with van der Waals surface area (Å²) in [5.41, 5.74) is 0. The zero-order valence-corrected chi connectivity index (χ0v) is 11.1. The third-order valence-corrected chi connectivity index (χ3v) is 4.99. The molecular weight excluding hydrogens is 254 g/mol. The summed E-state index contributed by atoms with van der Waals surface area (Å²) in [7, 11) is -1.20. The van der Waals surface area contributed by atoms with Crippen molar-refractivity contribution >= 4 is 15.7 Å². The number of imidazole rings is 1. The molecule has 0 bridgehead atoms. The van der Waals surface area contributed by atoms with Crippen molar-refractivity contribution in [2.45, 2.75) is 19.4 Å². The summed E-state index contributed by atoms with van der Waals surface area (Å²) in [6.45, 7) is 0.422. The molecule has 0 saturated carbocycles. The van der Waals surface area contributed by atoms with Gasteiger partial charge in [0.25, 0.3) is 0 Å². The first kappa shape index (κ1) is 13.1. The molecule has 18 heavy (non-hydrogen) atoms. The lowest BCUT2D eigenvalue weighted by molar-refractivity contribution is -0.131. The topological polar surface area (TPSA) is 83.1 Å². The Morgan fingerprint density at radius 3 is 2.94 bits per heavy atom. The number of nitrogens with zero attached hydrogens (tertiary/aromatic N) is 2. The van der Waals surface area contributed by atoms with Gasteiger partial charge in [0.1, 0.15) is 5.82 Å². The number of hydrogen-bond donors (Lipinski definition) is 1. The lowest BCUT2D eigenvalue weighted by Crippen LogP contribution is -2.28. The van der Waals surface area contributed by atoms with Crippen LogP contribution in [0, 0.1) is 5.92 Å². The molecule has 1 atom stereocenters. The molecule has 1 saturated heterocycles. The van der Waals surface area contributed by atoms with E-state index < -0.39 is 9.84 Å². The van der Waals surface area contributed by atoms with Crippen LogP contribution in [0.25, 0.3) is 0 Å². The van der Waals surface area contributed by atoms with E-state index >= 15 is 0 Å². The van der Waals surface area contributed by atoms with E-state index in [0.717, 1.165) is 5.82 Å². The van der Waals surface area contributed by atoms with E-state index in [1.165, 1.54) is 0 Å². The SMILES string of the molecule is CN(Cc1ncc[nH]1)C(=O)CC1CCS(=O)(=O)C1. The van der Waals surface area contributed by atoms with E-state index in [1.807, 2.05) is 0 Å². The van der Waals surface area contributed by atoms with Gasteiger partial charge in [0, 0.05) is 25.9 Å². The van der Waals surface area contributed by atoms with Crippen molar-refractivity contribution in [3.63, 3.8) is 0 Å². The number of hydrogen-bond acceptors (Lipinski definition) is 4. The van der Waals surface area contributed by atoms with Gasteiger partial charge >= 0.3 is 0 Å². The van der Waals surface area contributed by atoms with Gasteiger partial charge in [0.2, 0.25) is 5.91 Å². The summed E-state index contributed by atoms with van der Waals surface area (Å²) in [5.74, 6) is 1.03. The summed E-state index contributed by atoms with van der Waals surface area (Å²) in [5, 5.41) is 0. The predicted octanol–water partition coefficient (Wildman–Crippen LogP) is 0.193. The molecule has 1 aromatic rings. The number of sulfone groups is 1. The largest absolute Gasteiger partial charge is 0.347 e. The highest BCUT2D eigenvalue weighted by atomic mass is 32.2. The Kier molecular flexibility index (Phi) is 3.70. The van der Waals surface area contributed by atoms with Crippen molar-refractivity contribution < 1.29 is 13.2 Å². The Hall–Kier alpha value is -1.37. The van der Waals surface area contributed by atoms with Gasteiger partial charge in [-0.25, -0.2) is 13.4 Å². The lowest BCUT2D eigenvalue weighted by Gasteiger charge is -2.17. The van der Waals surface area contributed by atoms with Gasteiger partial charge in [0.15, 0.2) is 9.84 Å². The van der Waals surface area contributed by atoms with Crippen molar-refractivity contribution in [2.75, 3.05) is 18.6 Å². The summed E-state index contributed by atoms with van der Waals surface area (Å²) in [6, 6.07) is 0. The smallest absolute Gasteiger partial charge is 0.223 e. The average Bonchev–Trinajstić information content (AvgIpc) is 2.88. The number of carbonyl (C=O) groups excluding carboxylic acids is 1. The zero-order valence-electron chi connectivity index (χ0n) is 10.3. The highest BCUT2D eigenvalue weighted by Crippen LogP contribution is 2.22. The van der Waals surface area contributed by atoms with E-state index in [4.69, 9.17) is 0 Å². The van der Waals surface area contributed by atoms with Gasteiger partial charge in [-0.05, 0) is 12.3 Å². The van der Waals surface area contributed by atoms with Crippen molar-refractivity contribution in [1.29, 1.82) is 0 Å². The second-order valence-electron chi connectivity index (χ2n) is 4.76. The molecule has 100 valence electrons. The summed E-state index contributed by atoms with van der Waals surface area (Å²) >= 11 is 0. The number of carbonyl (C=O) groups is 1. The van der Waals surface area contributed by atoms with Crippen LogP contribution < -0.4 is 0 Å². The van der Waals surface area contributed by atoms with Crippen LogP contribution in [0.5, 0.6) is 0 Å². The van der Waals surface area contributed by atoms with Crippen LogP contribution in [0.4, 0.5) is 0 Å². The highest BCUT2D eigenvalue weighted by Gasteiger charge is 2.30. The van der Waals surface area contributed by atoms with Crippen LogP contribution in [0.1, 0.15) is 18.7 Å². The van der Waals surface area contributed by atoms with Crippen LogP contribution in [0.15, 0.2) is 12.4 Å². The van der Waals surface area contributed by atoms with Gasteiger partial charge in [0.05, 0.1) is 18.1 Å². The molecule has 2 heterocycles. The maximum atomic E-state index is 11.9. The van der Waals surface area contributed by atoms with E-state index in [-0.39, 0.29) is 23.3 Å². The Balaban J connectivity index is 1.85. The zero-order chi connectivity index (χ0) is 13.2. The Morgan fingerprint density at radius 1 is 1.61 bits per heavy atom. The fourth-order valence-electron chi connectivity index (χ4n) is 2.13.